The predicted molar refractivity (Wildman–Crippen MR) is 102 cm³/mol. The van der Waals surface area contributed by atoms with Gasteiger partial charge in [0.25, 0.3) is 0 Å². The first kappa shape index (κ1) is 17.3. The predicted octanol–water partition coefficient (Wildman–Crippen LogP) is 4.08. The Morgan fingerprint density at radius 3 is 2.81 bits per heavy atom. The van der Waals surface area contributed by atoms with Gasteiger partial charge in [0, 0.05) is 31.8 Å². The number of nitrogens with zero attached hydrogens (tertiary/aromatic N) is 4. The third-order valence-electron chi connectivity index (χ3n) is 4.71. The SMILES string of the molecule is COCc1cc(-c2nc(CC3CC3)nn2Cc2cccc(Cl)c2)n(C)c1. The molecule has 0 bridgehead atoms. The van der Waals surface area contributed by atoms with E-state index in [1.54, 1.807) is 7.11 Å². The zero-order valence-corrected chi connectivity index (χ0v) is 15.9. The molecule has 2 heterocycles. The summed E-state index contributed by atoms with van der Waals surface area (Å²) in [5.74, 6) is 2.58. The zero-order valence-electron chi connectivity index (χ0n) is 15.2. The van der Waals surface area contributed by atoms with Gasteiger partial charge >= 0.3 is 0 Å². The molecule has 0 amide bonds. The molecule has 1 aliphatic rings. The molecule has 3 aromatic rings. The van der Waals surface area contributed by atoms with Crippen molar-refractivity contribution in [2.45, 2.75) is 32.4 Å². The normalized spacial score (nSPS) is 14.1. The van der Waals surface area contributed by atoms with Gasteiger partial charge in [0.15, 0.2) is 11.6 Å². The van der Waals surface area contributed by atoms with Gasteiger partial charge in [-0.3, -0.25) is 0 Å². The molecule has 6 heteroatoms. The van der Waals surface area contributed by atoms with Crippen LogP contribution in [0, 0.1) is 5.92 Å². The number of hydrogen-bond acceptors (Lipinski definition) is 3. The molecule has 136 valence electrons. The maximum atomic E-state index is 6.15. The van der Waals surface area contributed by atoms with E-state index in [1.807, 2.05) is 29.9 Å². The Labute approximate surface area is 158 Å². The summed E-state index contributed by atoms with van der Waals surface area (Å²) in [5.41, 5.74) is 3.30. The van der Waals surface area contributed by atoms with E-state index in [9.17, 15) is 0 Å². The third kappa shape index (κ3) is 3.84. The lowest BCUT2D eigenvalue weighted by molar-refractivity contribution is 0.185. The van der Waals surface area contributed by atoms with Gasteiger partial charge in [-0.05, 0) is 48.1 Å². The molecule has 1 fully saturated rings. The Morgan fingerprint density at radius 1 is 1.23 bits per heavy atom. The van der Waals surface area contributed by atoms with Crippen LogP contribution in [0.25, 0.3) is 11.5 Å². The highest BCUT2D eigenvalue weighted by molar-refractivity contribution is 6.30. The van der Waals surface area contributed by atoms with Crippen LogP contribution in [-0.4, -0.2) is 26.4 Å². The first-order valence-corrected chi connectivity index (χ1v) is 9.33. The van der Waals surface area contributed by atoms with Crippen LogP contribution in [0.3, 0.4) is 0 Å². The van der Waals surface area contributed by atoms with Gasteiger partial charge in [0.2, 0.25) is 0 Å². The number of methoxy groups -OCH3 is 1. The zero-order chi connectivity index (χ0) is 18.1. The highest BCUT2D eigenvalue weighted by atomic mass is 35.5. The highest BCUT2D eigenvalue weighted by Crippen LogP contribution is 2.32. The van der Waals surface area contributed by atoms with E-state index in [1.165, 1.54) is 12.8 Å². The summed E-state index contributed by atoms with van der Waals surface area (Å²) in [7, 11) is 3.75. The number of ether oxygens (including phenoxy) is 1. The smallest absolute Gasteiger partial charge is 0.175 e. The number of benzene rings is 1. The molecule has 0 unspecified atom stereocenters. The molecule has 1 aliphatic carbocycles. The van der Waals surface area contributed by atoms with Crippen LogP contribution in [0.15, 0.2) is 36.5 Å². The fourth-order valence-electron chi connectivity index (χ4n) is 3.26. The van der Waals surface area contributed by atoms with E-state index >= 15 is 0 Å². The molecule has 5 nitrogen and oxygen atoms in total. The maximum Gasteiger partial charge on any atom is 0.175 e. The van der Waals surface area contributed by atoms with Crippen LogP contribution in [-0.2, 0) is 31.4 Å². The third-order valence-corrected chi connectivity index (χ3v) is 4.94. The molecule has 0 spiro atoms. The molecule has 1 aromatic carbocycles. The lowest BCUT2D eigenvalue weighted by Crippen LogP contribution is -2.06. The standard InChI is InChI=1S/C20H23ClN4O/c1-24-11-16(13-26-2)9-18(24)20-22-19(10-14-6-7-14)23-25(20)12-15-4-3-5-17(21)8-15/h3-5,8-9,11,14H,6-7,10,12-13H2,1-2H3. The van der Waals surface area contributed by atoms with Gasteiger partial charge < -0.3 is 9.30 Å². The molecular weight excluding hydrogens is 348 g/mol. The molecule has 1 saturated carbocycles. The summed E-state index contributed by atoms with van der Waals surface area (Å²) in [6, 6.07) is 10.0. The molecular formula is C20H23ClN4O. The summed E-state index contributed by atoms with van der Waals surface area (Å²) < 4.78 is 9.35. The van der Waals surface area contributed by atoms with Crippen molar-refractivity contribution in [1.82, 2.24) is 19.3 Å². The first-order chi connectivity index (χ1) is 12.6. The van der Waals surface area contributed by atoms with E-state index in [-0.39, 0.29) is 0 Å². The van der Waals surface area contributed by atoms with Crippen LogP contribution in [0.5, 0.6) is 0 Å². The summed E-state index contributed by atoms with van der Waals surface area (Å²) in [5, 5.41) is 5.55. The minimum absolute atomic E-state index is 0.588. The summed E-state index contributed by atoms with van der Waals surface area (Å²) in [6.45, 7) is 1.24. The van der Waals surface area contributed by atoms with E-state index in [0.717, 1.165) is 45.8 Å². The Balaban J connectivity index is 1.70. The van der Waals surface area contributed by atoms with Gasteiger partial charge in [-0.15, -0.1) is 0 Å². The van der Waals surface area contributed by atoms with E-state index < -0.39 is 0 Å². The largest absolute Gasteiger partial charge is 0.380 e. The second-order valence-corrected chi connectivity index (χ2v) is 7.50. The minimum atomic E-state index is 0.588. The van der Waals surface area contributed by atoms with Gasteiger partial charge in [-0.2, -0.15) is 5.10 Å². The van der Waals surface area contributed by atoms with E-state index in [2.05, 4.69) is 22.9 Å². The van der Waals surface area contributed by atoms with Crippen LogP contribution >= 0.6 is 11.6 Å². The average molecular weight is 371 g/mol. The summed E-state index contributed by atoms with van der Waals surface area (Å²) >= 11 is 6.15. The number of rotatable bonds is 7. The molecule has 4 rings (SSSR count). The molecule has 0 N–H and O–H groups in total. The Kier molecular flexibility index (Phi) is 4.83. The topological polar surface area (TPSA) is 44.9 Å². The van der Waals surface area contributed by atoms with Gasteiger partial charge in [0.1, 0.15) is 0 Å². The lowest BCUT2D eigenvalue weighted by atomic mass is 10.2. The number of aryl methyl sites for hydroxylation is 1. The first-order valence-electron chi connectivity index (χ1n) is 8.95. The van der Waals surface area contributed by atoms with Crippen molar-refractivity contribution >= 4 is 11.6 Å². The fourth-order valence-corrected chi connectivity index (χ4v) is 3.48. The molecule has 0 atom stereocenters. The van der Waals surface area contributed by atoms with Crippen LogP contribution < -0.4 is 0 Å². The summed E-state index contributed by atoms with van der Waals surface area (Å²) in [4.78, 5) is 4.87. The molecule has 26 heavy (non-hydrogen) atoms. The van der Waals surface area contributed by atoms with Crippen LogP contribution in [0.1, 0.15) is 29.8 Å². The van der Waals surface area contributed by atoms with Crippen molar-refractivity contribution in [3.63, 3.8) is 0 Å². The van der Waals surface area contributed by atoms with Crippen molar-refractivity contribution < 1.29 is 4.74 Å². The maximum absolute atomic E-state index is 6.15. The van der Waals surface area contributed by atoms with E-state index in [4.69, 9.17) is 26.4 Å². The molecule has 0 aliphatic heterocycles. The number of aromatic nitrogens is 4. The fraction of sp³-hybridized carbons (Fsp3) is 0.400. The van der Waals surface area contributed by atoms with E-state index in [0.29, 0.717) is 13.2 Å². The van der Waals surface area contributed by atoms with Gasteiger partial charge in [-0.25, -0.2) is 9.67 Å². The molecule has 0 radical (unpaired) electrons. The Bertz CT molecular complexity index is 910. The molecule has 0 saturated heterocycles. The van der Waals surface area contributed by atoms with Crippen LogP contribution in [0.4, 0.5) is 0 Å². The second-order valence-electron chi connectivity index (χ2n) is 7.06. The quantitative estimate of drug-likeness (QED) is 0.629. The highest BCUT2D eigenvalue weighted by Gasteiger charge is 2.25. The van der Waals surface area contributed by atoms with Crippen molar-refractivity contribution in [2.75, 3.05) is 7.11 Å². The Morgan fingerprint density at radius 2 is 2.08 bits per heavy atom. The van der Waals surface area contributed by atoms with Crippen molar-refractivity contribution in [2.24, 2.45) is 13.0 Å². The average Bonchev–Trinajstić information content (AvgIpc) is 3.22. The van der Waals surface area contributed by atoms with Gasteiger partial charge in [-0.1, -0.05) is 23.7 Å². The monoisotopic (exact) mass is 370 g/mol. The second kappa shape index (κ2) is 7.25. The van der Waals surface area contributed by atoms with Crippen LogP contribution in [0.2, 0.25) is 5.02 Å². The number of halogens is 1. The van der Waals surface area contributed by atoms with Crippen molar-refractivity contribution in [1.29, 1.82) is 0 Å². The van der Waals surface area contributed by atoms with Gasteiger partial charge in [0.05, 0.1) is 18.8 Å². The number of hydrogen-bond donors (Lipinski definition) is 0. The summed E-state index contributed by atoms with van der Waals surface area (Å²) in [6.07, 6.45) is 5.63. The van der Waals surface area contributed by atoms with Crippen molar-refractivity contribution in [3.8, 4) is 11.5 Å². The minimum Gasteiger partial charge on any atom is -0.380 e. The van der Waals surface area contributed by atoms with Crippen molar-refractivity contribution in [3.05, 3.63) is 58.5 Å². The molecule has 2 aromatic heterocycles. The Hall–Kier alpha value is -2.11. The lowest BCUT2D eigenvalue weighted by Gasteiger charge is -2.07.